The van der Waals surface area contributed by atoms with Crippen molar-refractivity contribution in [3.05, 3.63) is 41.3 Å². The molecule has 5 nitrogen and oxygen atoms in total. The molecule has 0 aliphatic rings. The first-order valence-corrected chi connectivity index (χ1v) is 5.29. The van der Waals surface area contributed by atoms with Crippen molar-refractivity contribution in [3.63, 3.8) is 0 Å². The highest BCUT2D eigenvalue weighted by Gasteiger charge is 2.05. The summed E-state index contributed by atoms with van der Waals surface area (Å²) in [6.45, 7) is 2.58. The molecule has 0 aromatic carbocycles. The summed E-state index contributed by atoms with van der Waals surface area (Å²) in [4.78, 5) is 4.14. The first-order valence-electron chi connectivity index (χ1n) is 5.29. The molecule has 0 saturated heterocycles. The lowest BCUT2D eigenvalue weighted by atomic mass is 10.2. The Bertz CT molecular complexity index is 565. The van der Waals surface area contributed by atoms with E-state index in [0.717, 1.165) is 11.3 Å². The highest BCUT2D eigenvalue weighted by molar-refractivity contribution is 5.51. The minimum absolute atomic E-state index is 0.550. The van der Waals surface area contributed by atoms with E-state index in [9.17, 15) is 0 Å². The van der Waals surface area contributed by atoms with Gasteiger partial charge >= 0.3 is 0 Å². The molecular formula is C12H13N5. The van der Waals surface area contributed by atoms with Gasteiger partial charge in [0.05, 0.1) is 11.3 Å². The molecule has 2 aromatic rings. The number of aryl methyl sites for hydroxylation is 2. The third-order valence-electron chi connectivity index (χ3n) is 2.49. The molecule has 0 atom stereocenters. The van der Waals surface area contributed by atoms with Gasteiger partial charge in [0, 0.05) is 31.5 Å². The van der Waals surface area contributed by atoms with Gasteiger partial charge in [-0.05, 0) is 19.1 Å². The molecule has 2 aromatic heterocycles. The zero-order valence-electron chi connectivity index (χ0n) is 9.81. The number of hydrogen-bond acceptors (Lipinski definition) is 4. The molecule has 2 heterocycles. The van der Waals surface area contributed by atoms with Gasteiger partial charge in [-0.15, -0.1) is 0 Å². The van der Waals surface area contributed by atoms with Crippen molar-refractivity contribution < 1.29 is 0 Å². The van der Waals surface area contributed by atoms with Crippen LogP contribution in [-0.4, -0.2) is 14.8 Å². The molecule has 0 spiro atoms. The number of nitrogens with zero attached hydrogens (tertiary/aromatic N) is 4. The number of nitriles is 1. The normalized spacial score (nSPS) is 9.94. The van der Waals surface area contributed by atoms with Crippen LogP contribution in [0.4, 0.5) is 5.82 Å². The molecule has 5 heteroatoms. The number of pyridine rings is 1. The maximum atomic E-state index is 8.93. The monoisotopic (exact) mass is 227 g/mol. The van der Waals surface area contributed by atoms with E-state index in [-0.39, 0.29) is 0 Å². The third-order valence-corrected chi connectivity index (χ3v) is 2.49. The number of anilines is 1. The highest BCUT2D eigenvalue weighted by atomic mass is 15.3. The molecule has 0 aliphatic heterocycles. The largest absolute Gasteiger partial charge is 0.365 e. The second-order valence-corrected chi connectivity index (χ2v) is 3.78. The van der Waals surface area contributed by atoms with Gasteiger partial charge in [0.25, 0.3) is 0 Å². The van der Waals surface area contributed by atoms with Crippen molar-refractivity contribution >= 4 is 5.82 Å². The van der Waals surface area contributed by atoms with Crippen LogP contribution in [0.25, 0.3) is 0 Å². The Labute approximate surface area is 99.7 Å². The molecular weight excluding hydrogens is 214 g/mol. The minimum atomic E-state index is 0.550. The second-order valence-electron chi connectivity index (χ2n) is 3.78. The van der Waals surface area contributed by atoms with E-state index in [1.54, 1.807) is 23.0 Å². The van der Waals surface area contributed by atoms with Crippen molar-refractivity contribution in [2.75, 3.05) is 5.32 Å². The Morgan fingerprint density at radius 3 is 3.00 bits per heavy atom. The van der Waals surface area contributed by atoms with E-state index in [0.29, 0.717) is 17.9 Å². The van der Waals surface area contributed by atoms with Crippen LogP contribution in [-0.2, 0) is 13.6 Å². The van der Waals surface area contributed by atoms with Crippen molar-refractivity contribution in [2.45, 2.75) is 13.5 Å². The van der Waals surface area contributed by atoms with Crippen LogP contribution >= 0.6 is 0 Å². The van der Waals surface area contributed by atoms with Gasteiger partial charge in [-0.1, -0.05) is 0 Å². The Hall–Kier alpha value is -2.35. The summed E-state index contributed by atoms with van der Waals surface area (Å²) in [6.07, 6.45) is 3.62. The fourth-order valence-corrected chi connectivity index (χ4v) is 1.64. The molecule has 2 rings (SSSR count). The van der Waals surface area contributed by atoms with E-state index in [1.165, 1.54) is 0 Å². The number of aromatic nitrogens is 3. The quantitative estimate of drug-likeness (QED) is 0.865. The second kappa shape index (κ2) is 4.66. The summed E-state index contributed by atoms with van der Waals surface area (Å²) in [7, 11) is 1.89. The summed E-state index contributed by atoms with van der Waals surface area (Å²) in [5.74, 6) is 0.609. The molecule has 0 saturated carbocycles. The Balaban J connectivity index is 2.13. The zero-order valence-corrected chi connectivity index (χ0v) is 9.81. The Morgan fingerprint density at radius 1 is 1.53 bits per heavy atom. The van der Waals surface area contributed by atoms with Crippen LogP contribution in [0.15, 0.2) is 24.5 Å². The van der Waals surface area contributed by atoms with Gasteiger partial charge in [-0.25, -0.2) is 4.98 Å². The lowest BCUT2D eigenvalue weighted by molar-refractivity contribution is 0.756. The number of nitrogens with one attached hydrogen (secondary N) is 1. The van der Waals surface area contributed by atoms with E-state index >= 15 is 0 Å². The molecule has 0 unspecified atom stereocenters. The zero-order chi connectivity index (χ0) is 12.3. The van der Waals surface area contributed by atoms with Crippen LogP contribution in [0, 0.1) is 18.3 Å². The molecule has 17 heavy (non-hydrogen) atoms. The fraction of sp³-hybridized carbons (Fsp3) is 0.250. The van der Waals surface area contributed by atoms with E-state index in [2.05, 4.69) is 21.5 Å². The average molecular weight is 227 g/mol. The topological polar surface area (TPSA) is 66.5 Å². The Morgan fingerprint density at radius 2 is 2.35 bits per heavy atom. The van der Waals surface area contributed by atoms with Gasteiger partial charge < -0.3 is 5.32 Å². The van der Waals surface area contributed by atoms with Crippen LogP contribution in [0.3, 0.4) is 0 Å². The smallest absolute Gasteiger partial charge is 0.144 e. The molecule has 0 amide bonds. The van der Waals surface area contributed by atoms with Gasteiger partial charge in [-0.2, -0.15) is 10.4 Å². The molecule has 1 N–H and O–H groups in total. The van der Waals surface area contributed by atoms with E-state index < -0.39 is 0 Å². The van der Waals surface area contributed by atoms with Crippen LogP contribution < -0.4 is 5.32 Å². The first kappa shape index (κ1) is 11.1. The molecule has 0 bridgehead atoms. The fourth-order valence-electron chi connectivity index (χ4n) is 1.64. The third kappa shape index (κ3) is 2.42. The SMILES string of the molecule is Cc1nn(C)cc1CNc1ncccc1C#N. The summed E-state index contributed by atoms with van der Waals surface area (Å²) in [5, 5.41) is 16.3. The highest BCUT2D eigenvalue weighted by Crippen LogP contribution is 2.12. The van der Waals surface area contributed by atoms with Crippen LogP contribution in [0.2, 0.25) is 0 Å². The van der Waals surface area contributed by atoms with E-state index in [4.69, 9.17) is 5.26 Å². The number of hydrogen-bond donors (Lipinski definition) is 1. The van der Waals surface area contributed by atoms with Crippen molar-refractivity contribution in [2.24, 2.45) is 7.05 Å². The average Bonchev–Trinajstić information content (AvgIpc) is 2.65. The lowest BCUT2D eigenvalue weighted by Crippen LogP contribution is -2.03. The summed E-state index contributed by atoms with van der Waals surface area (Å²) in [5.41, 5.74) is 2.63. The van der Waals surface area contributed by atoms with Crippen molar-refractivity contribution in [3.8, 4) is 6.07 Å². The summed E-state index contributed by atoms with van der Waals surface area (Å²) in [6, 6.07) is 5.60. The Kier molecular flexibility index (Phi) is 3.06. The maximum Gasteiger partial charge on any atom is 0.144 e. The molecule has 0 fully saturated rings. The predicted molar refractivity (Wildman–Crippen MR) is 64.2 cm³/mol. The van der Waals surface area contributed by atoms with Crippen molar-refractivity contribution in [1.29, 1.82) is 5.26 Å². The number of rotatable bonds is 3. The molecule has 86 valence electrons. The van der Waals surface area contributed by atoms with Gasteiger partial charge in [0.1, 0.15) is 11.9 Å². The molecule has 0 aliphatic carbocycles. The van der Waals surface area contributed by atoms with Crippen LogP contribution in [0.5, 0.6) is 0 Å². The van der Waals surface area contributed by atoms with Crippen molar-refractivity contribution in [1.82, 2.24) is 14.8 Å². The first-order chi connectivity index (χ1) is 8.20. The maximum absolute atomic E-state index is 8.93. The van der Waals surface area contributed by atoms with Gasteiger partial charge in [0.2, 0.25) is 0 Å². The standard InChI is InChI=1S/C12H13N5/c1-9-11(8-17(2)16-9)7-15-12-10(6-13)4-3-5-14-12/h3-5,8H,7H2,1-2H3,(H,14,15). The van der Waals surface area contributed by atoms with Gasteiger partial charge in [0.15, 0.2) is 0 Å². The summed E-state index contributed by atoms with van der Waals surface area (Å²) < 4.78 is 1.77. The minimum Gasteiger partial charge on any atom is -0.365 e. The predicted octanol–water partition coefficient (Wildman–Crippen LogP) is 1.61. The van der Waals surface area contributed by atoms with Crippen LogP contribution in [0.1, 0.15) is 16.8 Å². The summed E-state index contributed by atoms with van der Waals surface area (Å²) >= 11 is 0. The lowest BCUT2D eigenvalue weighted by Gasteiger charge is -2.05. The van der Waals surface area contributed by atoms with Gasteiger partial charge in [-0.3, -0.25) is 4.68 Å². The molecule has 0 radical (unpaired) electrons. The van der Waals surface area contributed by atoms with E-state index in [1.807, 2.05) is 20.2 Å².